The maximum atomic E-state index is 12.3. The van der Waals surface area contributed by atoms with E-state index in [9.17, 15) is 9.59 Å². The SMILES string of the molecule is COc1cc(C(=O)NNC(=O)COc2ccccc2C)cc2c1OCCO2. The largest absolute Gasteiger partial charge is 0.493 e. The number of para-hydroxylation sites is 1. The summed E-state index contributed by atoms with van der Waals surface area (Å²) in [6.45, 7) is 2.44. The normalized spacial score (nSPS) is 12.1. The van der Waals surface area contributed by atoms with E-state index < -0.39 is 11.8 Å². The molecule has 3 rings (SSSR count). The molecule has 0 bridgehead atoms. The van der Waals surface area contributed by atoms with Crippen LogP contribution >= 0.6 is 0 Å². The summed E-state index contributed by atoms with van der Waals surface area (Å²) >= 11 is 0. The van der Waals surface area contributed by atoms with Crippen LogP contribution in [0, 0.1) is 6.92 Å². The molecule has 0 fully saturated rings. The van der Waals surface area contributed by atoms with E-state index in [2.05, 4.69) is 10.9 Å². The highest BCUT2D eigenvalue weighted by atomic mass is 16.6. The Labute approximate surface area is 156 Å². The van der Waals surface area contributed by atoms with Crippen molar-refractivity contribution in [3.05, 3.63) is 47.5 Å². The third-order valence-electron chi connectivity index (χ3n) is 3.86. The molecule has 0 saturated carbocycles. The first-order valence-electron chi connectivity index (χ1n) is 8.33. The number of fused-ring (bicyclic) bond motifs is 1. The van der Waals surface area contributed by atoms with E-state index in [4.69, 9.17) is 18.9 Å². The Morgan fingerprint density at radius 1 is 1.07 bits per heavy atom. The predicted octanol–water partition coefficient (Wildman–Crippen LogP) is 1.61. The molecule has 1 heterocycles. The van der Waals surface area contributed by atoms with Gasteiger partial charge in [-0.05, 0) is 30.7 Å². The van der Waals surface area contributed by atoms with Crippen molar-refractivity contribution in [2.75, 3.05) is 26.9 Å². The standard InChI is InChI=1S/C19H20N2O6/c1-12-5-3-4-6-14(12)27-11-17(22)20-21-19(23)13-9-15(24-2)18-16(10-13)25-7-8-26-18/h3-6,9-10H,7-8,11H2,1-2H3,(H,20,22)(H,21,23). The van der Waals surface area contributed by atoms with Crippen LogP contribution in [-0.4, -0.2) is 38.7 Å². The number of hydrazine groups is 1. The number of aryl methyl sites for hydroxylation is 1. The number of rotatable bonds is 5. The highest BCUT2D eigenvalue weighted by Crippen LogP contribution is 2.40. The Kier molecular flexibility index (Phi) is 5.65. The Morgan fingerprint density at radius 3 is 2.63 bits per heavy atom. The molecule has 0 aliphatic carbocycles. The van der Waals surface area contributed by atoms with Crippen molar-refractivity contribution >= 4 is 11.8 Å². The molecule has 2 aromatic carbocycles. The molecule has 1 aliphatic heterocycles. The van der Waals surface area contributed by atoms with Crippen LogP contribution in [0.1, 0.15) is 15.9 Å². The number of nitrogens with one attached hydrogen (secondary N) is 2. The lowest BCUT2D eigenvalue weighted by Gasteiger charge is -2.21. The molecule has 142 valence electrons. The van der Waals surface area contributed by atoms with Gasteiger partial charge in [0.2, 0.25) is 5.75 Å². The minimum Gasteiger partial charge on any atom is -0.493 e. The highest BCUT2D eigenvalue weighted by Gasteiger charge is 2.21. The van der Waals surface area contributed by atoms with Gasteiger partial charge in [-0.1, -0.05) is 18.2 Å². The third kappa shape index (κ3) is 4.41. The molecule has 8 heteroatoms. The highest BCUT2D eigenvalue weighted by molar-refractivity contribution is 5.96. The fourth-order valence-corrected chi connectivity index (χ4v) is 2.50. The van der Waals surface area contributed by atoms with Crippen molar-refractivity contribution in [1.29, 1.82) is 0 Å². The Bertz CT molecular complexity index is 835. The molecule has 0 aromatic heterocycles. The van der Waals surface area contributed by atoms with E-state index in [-0.39, 0.29) is 12.2 Å². The van der Waals surface area contributed by atoms with E-state index in [1.165, 1.54) is 19.2 Å². The van der Waals surface area contributed by atoms with Crippen molar-refractivity contribution in [3.63, 3.8) is 0 Å². The predicted molar refractivity (Wildman–Crippen MR) is 96.3 cm³/mol. The summed E-state index contributed by atoms with van der Waals surface area (Å²) in [5, 5.41) is 0. The fourth-order valence-electron chi connectivity index (χ4n) is 2.50. The average Bonchev–Trinajstić information content (AvgIpc) is 2.70. The van der Waals surface area contributed by atoms with E-state index in [0.29, 0.717) is 36.2 Å². The zero-order valence-corrected chi connectivity index (χ0v) is 15.0. The molecule has 0 atom stereocenters. The van der Waals surface area contributed by atoms with Gasteiger partial charge < -0.3 is 18.9 Å². The summed E-state index contributed by atoms with van der Waals surface area (Å²) in [6, 6.07) is 10.4. The summed E-state index contributed by atoms with van der Waals surface area (Å²) in [7, 11) is 1.47. The zero-order valence-electron chi connectivity index (χ0n) is 15.0. The number of amides is 2. The third-order valence-corrected chi connectivity index (χ3v) is 3.86. The van der Waals surface area contributed by atoms with Crippen LogP contribution < -0.4 is 29.8 Å². The lowest BCUT2D eigenvalue weighted by Crippen LogP contribution is -2.43. The molecule has 1 aliphatic rings. The maximum Gasteiger partial charge on any atom is 0.276 e. The van der Waals surface area contributed by atoms with Gasteiger partial charge in [-0.25, -0.2) is 0 Å². The van der Waals surface area contributed by atoms with Gasteiger partial charge in [0.05, 0.1) is 7.11 Å². The topological polar surface area (TPSA) is 95.1 Å². The van der Waals surface area contributed by atoms with E-state index >= 15 is 0 Å². The lowest BCUT2D eigenvalue weighted by molar-refractivity contribution is -0.123. The first kappa shape index (κ1) is 18.4. The molecule has 0 spiro atoms. The number of ether oxygens (including phenoxy) is 4. The molecule has 0 unspecified atom stereocenters. The summed E-state index contributed by atoms with van der Waals surface area (Å²) in [6.07, 6.45) is 0. The van der Waals surface area contributed by atoms with E-state index in [0.717, 1.165) is 5.56 Å². The number of carbonyl (C=O) groups is 2. The van der Waals surface area contributed by atoms with Gasteiger partial charge in [0.25, 0.3) is 11.8 Å². The second-order valence-corrected chi connectivity index (χ2v) is 5.76. The van der Waals surface area contributed by atoms with Crippen LogP contribution in [0.2, 0.25) is 0 Å². The van der Waals surface area contributed by atoms with Gasteiger partial charge in [-0.3, -0.25) is 20.4 Å². The van der Waals surface area contributed by atoms with Gasteiger partial charge in [0, 0.05) is 5.56 Å². The monoisotopic (exact) mass is 372 g/mol. The Hall–Kier alpha value is -3.42. The number of carbonyl (C=O) groups excluding carboxylic acids is 2. The summed E-state index contributed by atoms with van der Waals surface area (Å²) in [5.74, 6) is 0.851. The minimum atomic E-state index is -0.519. The smallest absolute Gasteiger partial charge is 0.276 e. The van der Waals surface area contributed by atoms with Crippen LogP contribution in [0.25, 0.3) is 0 Å². The molecule has 2 N–H and O–H groups in total. The van der Waals surface area contributed by atoms with Crippen molar-refractivity contribution in [1.82, 2.24) is 10.9 Å². The number of benzene rings is 2. The van der Waals surface area contributed by atoms with Gasteiger partial charge in [0.15, 0.2) is 18.1 Å². The average molecular weight is 372 g/mol. The summed E-state index contributed by atoms with van der Waals surface area (Å²) in [4.78, 5) is 24.2. The molecule has 27 heavy (non-hydrogen) atoms. The quantitative estimate of drug-likeness (QED) is 0.775. The Morgan fingerprint density at radius 2 is 1.85 bits per heavy atom. The molecule has 2 amide bonds. The van der Waals surface area contributed by atoms with Crippen LogP contribution in [0.3, 0.4) is 0 Å². The molecular weight excluding hydrogens is 352 g/mol. The molecule has 2 aromatic rings. The number of hydrogen-bond donors (Lipinski definition) is 2. The number of methoxy groups -OCH3 is 1. The summed E-state index contributed by atoms with van der Waals surface area (Å²) in [5.41, 5.74) is 5.82. The zero-order chi connectivity index (χ0) is 19.2. The van der Waals surface area contributed by atoms with Crippen molar-refractivity contribution in [2.24, 2.45) is 0 Å². The first-order valence-corrected chi connectivity index (χ1v) is 8.33. The fraction of sp³-hybridized carbons (Fsp3) is 0.263. The van der Waals surface area contributed by atoms with Gasteiger partial charge in [0.1, 0.15) is 19.0 Å². The van der Waals surface area contributed by atoms with E-state index in [1.54, 1.807) is 6.07 Å². The second-order valence-electron chi connectivity index (χ2n) is 5.76. The molecule has 0 radical (unpaired) electrons. The minimum absolute atomic E-state index is 0.227. The first-order chi connectivity index (χ1) is 13.1. The molecule has 8 nitrogen and oxygen atoms in total. The van der Waals surface area contributed by atoms with E-state index in [1.807, 2.05) is 25.1 Å². The van der Waals surface area contributed by atoms with Gasteiger partial charge in [-0.15, -0.1) is 0 Å². The van der Waals surface area contributed by atoms with Crippen molar-refractivity contribution in [3.8, 4) is 23.0 Å². The van der Waals surface area contributed by atoms with Crippen molar-refractivity contribution < 1.29 is 28.5 Å². The van der Waals surface area contributed by atoms with Crippen LogP contribution in [0.5, 0.6) is 23.0 Å². The van der Waals surface area contributed by atoms with Gasteiger partial charge >= 0.3 is 0 Å². The van der Waals surface area contributed by atoms with Crippen LogP contribution in [-0.2, 0) is 4.79 Å². The number of hydrogen-bond acceptors (Lipinski definition) is 6. The lowest BCUT2D eigenvalue weighted by atomic mass is 10.1. The van der Waals surface area contributed by atoms with Crippen LogP contribution in [0.15, 0.2) is 36.4 Å². The van der Waals surface area contributed by atoms with Crippen LogP contribution in [0.4, 0.5) is 0 Å². The van der Waals surface area contributed by atoms with Gasteiger partial charge in [-0.2, -0.15) is 0 Å². The molecular formula is C19H20N2O6. The van der Waals surface area contributed by atoms with Crippen molar-refractivity contribution in [2.45, 2.75) is 6.92 Å². The summed E-state index contributed by atoms with van der Waals surface area (Å²) < 4.78 is 21.6. The Balaban J connectivity index is 1.57. The molecule has 0 saturated heterocycles. The second kappa shape index (κ2) is 8.31. The maximum absolute atomic E-state index is 12.3.